The molecule has 3 N–H and O–H groups in total. The average Bonchev–Trinajstić information content (AvgIpc) is 2.37. The van der Waals surface area contributed by atoms with Crippen molar-refractivity contribution in [2.24, 2.45) is 5.73 Å². The van der Waals surface area contributed by atoms with Gasteiger partial charge in [0.2, 0.25) is 0 Å². The molecule has 0 heterocycles. The zero-order chi connectivity index (χ0) is 12.7. The highest BCUT2D eigenvalue weighted by atomic mass is 16.5. The van der Waals surface area contributed by atoms with Gasteiger partial charge in [-0.25, -0.2) is 0 Å². The van der Waals surface area contributed by atoms with E-state index in [0.29, 0.717) is 13.2 Å². The number of nitrogens with zero attached hydrogens (tertiary/aromatic N) is 1. The van der Waals surface area contributed by atoms with E-state index in [1.54, 1.807) is 0 Å². The van der Waals surface area contributed by atoms with E-state index >= 15 is 0 Å². The number of hydrogen-bond acceptors (Lipinski definition) is 4. The Bertz CT molecular complexity index is 331. The molecule has 0 aliphatic carbocycles. The van der Waals surface area contributed by atoms with Crippen molar-refractivity contribution in [3.05, 3.63) is 29.8 Å². The Morgan fingerprint density at radius 2 is 2.24 bits per heavy atom. The molecule has 0 spiro atoms. The SMILES string of the molecule is CC(CO)N(C)CCOc1cccc(CN)c1. The second-order valence-electron chi connectivity index (χ2n) is 4.21. The molecular weight excluding hydrogens is 216 g/mol. The Morgan fingerprint density at radius 3 is 2.88 bits per heavy atom. The fourth-order valence-corrected chi connectivity index (χ4v) is 1.43. The average molecular weight is 238 g/mol. The molecule has 4 nitrogen and oxygen atoms in total. The lowest BCUT2D eigenvalue weighted by Gasteiger charge is -2.22. The summed E-state index contributed by atoms with van der Waals surface area (Å²) in [4.78, 5) is 2.06. The maximum Gasteiger partial charge on any atom is 0.119 e. The highest BCUT2D eigenvalue weighted by molar-refractivity contribution is 5.28. The van der Waals surface area contributed by atoms with Gasteiger partial charge >= 0.3 is 0 Å². The minimum absolute atomic E-state index is 0.161. The molecule has 17 heavy (non-hydrogen) atoms. The fourth-order valence-electron chi connectivity index (χ4n) is 1.43. The van der Waals surface area contributed by atoms with Crippen LogP contribution in [0.25, 0.3) is 0 Å². The number of likely N-dealkylation sites (N-methyl/N-ethyl adjacent to an activating group) is 1. The lowest BCUT2D eigenvalue weighted by atomic mass is 10.2. The van der Waals surface area contributed by atoms with Gasteiger partial charge in [0.05, 0.1) is 6.61 Å². The molecule has 96 valence electrons. The third kappa shape index (κ3) is 4.73. The molecule has 0 bridgehead atoms. The van der Waals surface area contributed by atoms with Crippen molar-refractivity contribution >= 4 is 0 Å². The minimum Gasteiger partial charge on any atom is -0.492 e. The molecular formula is C13H22N2O2. The van der Waals surface area contributed by atoms with Gasteiger partial charge < -0.3 is 15.6 Å². The van der Waals surface area contributed by atoms with Crippen LogP contribution in [0.3, 0.4) is 0 Å². The summed E-state index contributed by atoms with van der Waals surface area (Å²) in [7, 11) is 1.97. The number of nitrogens with two attached hydrogens (primary N) is 1. The van der Waals surface area contributed by atoms with E-state index in [0.717, 1.165) is 17.9 Å². The summed E-state index contributed by atoms with van der Waals surface area (Å²) < 4.78 is 5.63. The predicted octanol–water partition coefficient (Wildman–Crippen LogP) is 0.837. The number of benzene rings is 1. The number of ether oxygens (including phenoxy) is 1. The van der Waals surface area contributed by atoms with Crippen LogP contribution in [-0.2, 0) is 6.54 Å². The smallest absolute Gasteiger partial charge is 0.119 e. The van der Waals surface area contributed by atoms with Crippen molar-refractivity contribution in [3.8, 4) is 5.75 Å². The largest absolute Gasteiger partial charge is 0.492 e. The zero-order valence-corrected chi connectivity index (χ0v) is 10.6. The molecule has 1 atom stereocenters. The first-order chi connectivity index (χ1) is 8.17. The summed E-state index contributed by atoms with van der Waals surface area (Å²) >= 11 is 0. The fraction of sp³-hybridized carbons (Fsp3) is 0.538. The number of aliphatic hydroxyl groups excluding tert-OH is 1. The van der Waals surface area contributed by atoms with Gasteiger partial charge in [-0.3, -0.25) is 4.90 Å². The lowest BCUT2D eigenvalue weighted by Crippen LogP contribution is -2.35. The summed E-state index contributed by atoms with van der Waals surface area (Å²) in [5.41, 5.74) is 6.63. The van der Waals surface area contributed by atoms with Crippen molar-refractivity contribution in [2.75, 3.05) is 26.8 Å². The van der Waals surface area contributed by atoms with Gasteiger partial charge in [0.1, 0.15) is 12.4 Å². The molecule has 0 saturated heterocycles. The van der Waals surface area contributed by atoms with Gasteiger partial charge in [-0.2, -0.15) is 0 Å². The molecule has 1 aromatic rings. The Balaban J connectivity index is 2.35. The summed E-state index contributed by atoms with van der Waals surface area (Å²) in [5.74, 6) is 0.845. The van der Waals surface area contributed by atoms with E-state index in [-0.39, 0.29) is 12.6 Å². The number of rotatable bonds is 7. The van der Waals surface area contributed by atoms with Crippen LogP contribution in [0.5, 0.6) is 5.75 Å². The van der Waals surface area contributed by atoms with Crippen molar-refractivity contribution < 1.29 is 9.84 Å². The highest BCUT2D eigenvalue weighted by Crippen LogP contribution is 2.12. The van der Waals surface area contributed by atoms with Crippen LogP contribution in [0.4, 0.5) is 0 Å². The molecule has 0 aromatic heterocycles. The predicted molar refractivity (Wildman–Crippen MR) is 69.0 cm³/mol. The van der Waals surface area contributed by atoms with E-state index in [4.69, 9.17) is 15.6 Å². The third-order valence-corrected chi connectivity index (χ3v) is 2.86. The highest BCUT2D eigenvalue weighted by Gasteiger charge is 2.07. The van der Waals surface area contributed by atoms with Crippen molar-refractivity contribution in [1.29, 1.82) is 0 Å². The zero-order valence-electron chi connectivity index (χ0n) is 10.6. The van der Waals surface area contributed by atoms with Crippen LogP contribution in [0.1, 0.15) is 12.5 Å². The first-order valence-corrected chi connectivity index (χ1v) is 5.90. The summed E-state index contributed by atoms with van der Waals surface area (Å²) in [6, 6.07) is 7.96. The van der Waals surface area contributed by atoms with E-state index in [1.807, 2.05) is 38.2 Å². The second kappa shape index (κ2) is 7.27. The molecule has 4 heteroatoms. The van der Waals surface area contributed by atoms with Crippen molar-refractivity contribution in [2.45, 2.75) is 19.5 Å². The molecule has 1 rings (SSSR count). The van der Waals surface area contributed by atoms with Crippen LogP contribution in [0.15, 0.2) is 24.3 Å². The molecule has 0 radical (unpaired) electrons. The van der Waals surface area contributed by atoms with E-state index < -0.39 is 0 Å². The molecule has 0 aliphatic heterocycles. The van der Waals surface area contributed by atoms with Gasteiger partial charge in [-0.1, -0.05) is 12.1 Å². The maximum absolute atomic E-state index is 8.99. The van der Waals surface area contributed by atoms with Crippen LogP contribution in [0.2, 0.25) is 0 Å². The lowest BCUT2D eigenvalue weighted by molar-refractivity contribution is 0.140. The molecule has 0 fully saturated rings. The quantitative estimate of drug-likeness (QED) is 0.739. The van der Waals surface area contributed by atoms with Gasteiger partial charge in [0.15, 0.2) is 0 Å². The molecule has 0 saturated carbocycles. The normalized spacial score (nSPS) is 12.8. The summed E-state index contributed by atoms with van der Waals surface area (Å²) in [5, 5.41) is 8.99. The molecule has 0 aliphatic rings. The van der Waals surface area contributed by atoms with Crippen molar-refractivity contribution in [3.63, 3.8) is 0 Å². The molecule has 0 amide bonds. The Hall–Kier alpha value is -1.10. The molecule has 1 unspecified atom stereocenters. The third-order valence-electron chi connectivity index (χ3n) is 2.86. The summed E-state index contributed by atoms with van der Waals surface area (Å²) in [6.07, 6.45) is 0. The Kier molecular flexibility index (Phi) is 5.97. The van der Waals surface area contributed by atoms with Gasteiger partial charge in [0, 0.05) is 19.1 Å². The van der Waals surface area contributed by atoms with Crippen LogP contribution in [-0.4, -0.2) is 42.9 Å². The topological polar surface area (TPSA) is 58.7 Å². The van der Waals surface area contributed by atoms with Crippen LogP contribution in [0, 0.1) is 0 Å². The second-order valence-corrected chi connectivity index (χ2v) is 4.21. The maximum atomic E-state index is 8.99. The Morgan fingerprint density at radius 1 is 1.47 bits per heavy atom. The van der Waals surface area contributed by atoms with E-state index in [9.17, 15) is 0 Å². The van der Waals surface area contributed by atoms with Crippen molar-refractivity contribution in [1.82, 2.24) is 4.90 Å². The van der Waals surface area contributed by atoms with Gasteiger partial charge in [0.25, 0.3) is 0 Å². The number of hydrogen-bond donors (Lipinski definition) is 2. The molecule has 1 aromatic carbocycles. The standard InChI is InChI=1S/C13H22N2O2/c1-11(10-16)15(2)6-7-17-13-5-3-4-12(8-13)9-14/h3-5,8,11,16H,6-7,9-10,14H2,1-2H3. The minimum atomic E-state index is 0.161. The van der Waals surface area contributed by atoms with E-state index in [1.165, 1.54) is 0 Å². The number of aliphatic hydroxyl groups is 1. The van der Waals surface area contributed by atoms with E-state index in [2.05, 4.69) is 4.90 Å². The van der Waals surface area contributed by atoms with Gasteiger partial charge in [-0.15, -0.1) is 0 Å². The summed E-state index contributed by atoms with van der Waals surface area (Å²) in [6.45, 7) is 4.07. The first kappa shape index (κ1) is 14.0. The van der Waals surface area contributed by atoms with Gasteiger partial charge in [-0.05, 0) is 31.7 Å². The first-order valence-electron chi connectivity index (χ1n) is 5.90. The van der Waals surface area contributed by atoms with Crippen LogP contribution < -0.4 is 10.5 Å². The van der Waals surface area contributed by atoms with Crippen LogP contribution >= 0.6 is 0 Å². The monoisotopic (exact) mass is 238 g/mol. The Labute approximate surface area is 103 Å².